The predicted molar refractivity (Wildman–Crippen MR) is 82.6 cm³/mol. The van der Waals surface area contributed by atoms with Gasteiger partial charge in [-0.25, -0.2) is 0 Å². The third kappa shape index (κ3) is 4.11. The highest BCUT2D eigenvalue weighted by atomic mass is 16.1. The summed E-state index contributed by atoms with van der Waals surface area (Å²) >= 11 is 0. The van der Waals surface area contributed by atoms with Crippen LogP contribution in [0.4, 0.5) is 0 Å². The van der Waals surface area contributed by atoms with E-state index >= 15 is 0 Å². The number of ketones is 2. The quantitative estimate of drug-likeness (QED) is 0.721. The van der Waals surface area contributed by atoms with Crippen LogP contribution in [0.25, 0.3) is 0 Å². The van der Waals surface area contributed by atoms with E-state index < -0.39 is 0 Å². The van der Waals surface area contributed by atoms with Gasteiger partial charge in [0.1, 0.15) is 5.78 Å². The molecule has 0 spiro atoms. The summed E-state index contributed by atoms with van der Waals surface area (Å²) < 4.78 is 0. The molecule has 120 valence electrons. The third-order valence-corrected chi connectivity index (χ3v) is 5.09. The number of fused-ring (bicyclic) bond motifs is 1. The molecule has 3 rings (SSSR count). The Hall–Kier alpha value is -0.780. The third-order valence-electron chi connectivity index (χ3n) is 5.09. The number of hydrogen-bond acceptors (Lipinski definition) is 4. The van der Waals surface area contributed by atoms with E-state index in [1.165, 1.54) is 6.54 Å². The van der Waals surface area contributed by atoms with Gasteiger partial charge in [0.15, 0.2) is 11.3 Å². The van der Waals surface area contributed by atoms with Crippen molar-refractivity contribution in [3.05, 3.63) is 0 Å². The second-order valence-corrected chi connectivity index (χ2v) is 6.80. The monoisotopic (exact) mass is 296 g/mol. The van der Waals surface area contributed by atoms with Crippen molar-refractivity contribution in [1.82, 2.24) is 10.2 Å². The zero-order valence-corrected chi connectivity index (χ0v) is 13.5. The van der Waals surface area contributed by atoms with Gasteiger partial charge in [-0.15, -0.1) is 0 Å². The van der Waals surface area contributed by atoms with E-state index in [0.717, 1.165) is 64.7 Å². The van der Waals surface area contributed by atoms with Crippen LogP contribution in [0.1, 0.15) is 38.5 Å². The van der Waals surface area contributed by atoms with Crippen LogP contribution >= 0.6 is 0 Å². The van der Waals surface area contributed by atoms with Crippen LogP contribution in [-0.2, 0) is 9.59 Å². The van der Waals surface area contributed by atoms with Gasteiger partial charge in [-0.2, -0.15) is 0 Å². The van der Waals surface area contributed by atoms with Crippen molar-refractivity contribution in [1.29, 1.82) is 0 Å². The molecule has 0 radical (unpaired) electrons. The molecule has 2 atom stereocenters. The number of rotatable bonds is 3. The lowest BCUT2D eigenvalue weighted by Crippen LogP contribution is -3.25. The van der Waals surface area contributed by atoms with Crippen molar-refractivity contribution in [3.8, 4) is 0 Å². The van der Waals surface area contributed by atoms with Gasteiger partial charge in [-0.1, -0.05) is 0 Å². The highest BCUT2D eigenvalue weighted by Crippen LogP contribution is 2.24. The molecule has 5 nitrogen and oxygen atoms in total. The summed E-state index contributed by atoms with van der Waals surface area (Å²) in [7, 11) is 4.16. The summed E-state index contributed by atoms with van der Waals surface area (Å²) in [5.41, 5.74) is 0.0598. The molecule has 0 aliphatic carbocycles. The number of quaternary nitrogens is 1. The van der Waals surface area contributed by atoms with E-state index in [0.29, 0.717) is 11.6 Å². The van der Waals surface area contributed by atoms with Crippen LogP contribution in [-0.4, -0.2) is 68.8 Å². The number of nitrogens with one attached hydrogen (secondary N) is 2. The van der Waals surface area contributed by atoms with Crippen LogP contribution in [0.15, 0.2) is 0 Å². The van der Waals surface area contributed by atoms with Crippen LogP contribution < -0.4 is 10.2 Å². The number of hydrogen-bond donors (Lipinski definition) is 2. The molecular formula is C16H30N3O2+. The molecule has 21 heavy (non-hydrogen) atoms. The fraction of sp³-hybridized carbons (Fsp3) is 0.875. The molecule has 0 bridgehead atoms. The predicted octanol–water partition coefficient (Wildman–Crippen LogP) is -0.733. The van der Waals surface area contributed by atoms with Crippen molar-refractivity contribution >= 4 is 11.6 Å². The molecule has 3 heterocycles. The van der Waals surface area contributed by atoms with E-state index in [2.05, 4.69) is 24.3 Å². The minimum Gasteiger partial charge on any atom is -0.323 e. The lowest BCUT2D eigenvalue weighted by Gasteiger charge is -2.43. The standard InChI is InChI=1S/C10H18N2O.C6H11NO/c1-11(2)7-4-10-5-8-12(10)6-3-9(10)13;8-6-2-1-4-7-5-3-6/h3-8H2,1-2H3;7H,1-5H2/p+1. The highest BCUT2D eigenvalue weighted by Gasteiger charge is 2.58. The van der Waals surface area contributed by atoms with E-state index in [-0.39, 0.29) is 5.54 Å². The molecule has 2 N–H and O–H groups in total. The van der Waals surface area contributed by atoms with Crippen molar-refractivity contribution in [2.75, 3.05) is 46.8 Å². The Morgan fingerprint density at radius 3 is 2.57 bits per heavy atom. The Labute approximate surface area is 128 Å². The van der Waals surface area contributed by atoms with Gasteiger partial charge < -0.3 is 15.1 Å². The van der Waals surface area contributed by atoms with Crippen molar-refractivity contribution in [2.24, 2.45) is 0 Å². The first kappa shape index (κ1) is 16.6. The first-order valence-corrected chi connectivity index (χ1v) is 8.30. The molecule has 0 aromatic heterocycles. The van der Waals surface area contributed by atoms with Gasteiger partial charge in [-0.05, 0) is 27.1 Å². The SMILES string of the molecule is CN(C)CCC12CC[NH+]1CCC2=O.O=C1CCCNCC1. The Morgan fingerprint density at radius 1 is 1.14 bits per heavy atom. The number of carbonyl (C=O) groups excluding carboxylic acids is 2. The number of carbonyl (C=O) groups is 2. The van der Waals surface area contributed by atoms with Gasteiger partial charge in [0, 0.05) is 32.4 Å². The van der Waals surface area contributed by atoms with E-state index in [9.17, 15) is 9.59 Å². The average Bonchev–Trinajstić information content (AvgIpc) is 2.61. The lowest BCUT2D eigenvalue weighted by atomic mass is 9.81. The summed E-state index contributed by atoms with van der Waals surface area (Å²) in [5, 5.41) is 3.16. The molecule has 0 aromatic rings. The molecule has 3 saturated heterocycles. The van der Waals surface area contributed by atoms with Crippen LogP contribution in [0.5, 0.6) is 0 Å². The molecule has 3 aliphatic heterocycles. The van der Waals surface area contributed by atoms with Gasteiger partial charge in [0.25, 0.3) is 0 Å². The van der Waals surface area contributed by atoms with Crippen LogP contribution in [0, 0.1) is 0 Å². The first-order valence-electron chi connectivity index (χ1n) is 8.30. The van der Waals surface area contributed by atoms with Gasteiger partial charge in [0.05, 0.1) is 25.9 Å². The zero-order chi connectivity index (χ0) is 15.3. The summed E-state index contributed by atoms with van der Waals surface area (Å²) in [6.45, 7) is 5.27. The summed E-state index contributed by atoms with van der Waals surface area (Å²) in [4.78, 5) is 26.1. The molecule has 2 unspecified atom stereocenters. The maximum Gasteiger partial charge on any atom is 0.198 e. The van der Waals surface area contributed by atoms with Gasteiger partial charge in [-0.3, -0.25) is 9.59 Å². The van der Waals surface area contributed by atoms with Gasteiger partial charge >= 0.3 is 0 Å². The summed E-state index contributed by atoms with van der Waals surface area (Å²) in [6, 6.07) is 0. The molecular weight excluding hydrogens is 266 g/mol. The fourth-order valence-electron chi connectivity index (χ4n) is 3.55. The average molecular weight is 296 g/mol. The van der Waals surface area contributed by atoms with E-state index in [1.807, 2.05) is 0 Å². The minimum atomic E-state index is 0.0598. The van der Waals surface area contributed by atoms with Crippen LogP contribution in [0.3, 0.4) is 0 Å². The van der Waals surface area contributed by atoms with Crippen molar-refractivity contribution < 1.29 is 14.5 Å². The van der Waals surface area contributed by atoms with Crippen molar-refractivity contribution in [3.63, 3.8) is 0 Å². The first-order chi connectivity index (χ1) is 10.0. The van der Waals surface area contributed by atoms with Gasteiger partial charge in [0.2, 0.25) is 0 Å². The normalized spacial score (nSPS) is 32.0. The van der Waals surface area contributed by atoms with Crippen LogP contribution in [0.2, 0.25) is 0 Å². The molecule has 0 saturated carbocycles. The topological polar surface area (TPSA) is 53.9 Å². The second kappa shape index (κ2) is 7.47. The summed E-state index contributed by atoms with van der Waals surface area (Å²) in [5.74, 6) is 0.936. The Bertz CT molecular complexity index is 374. The van der Waals surface area contributed by atoms with E-state index in [1.54, 1.807) is 4.90 Å². The molecule has 5 heteroatoms. The Morgan fingerprint density at radius 2 is 1.95 bits per heavy atom. The minimum absolute atomic E-state index is 0.0598. The largest absolute Gasteiger partial charge is 0.323 e. The smallest absolute Gasteiger partial charge is 0.198 e. The highest BCUT2D eigenvalue weighted by molar-refractivity contribution is 5.89. The Kier molecular flexibility index (Phi) is 5.90. The Balaban J connectivity index is 0.000000173. The lowest BCUT2D eigenvalue weighted by molar-refractivity contribution is -0.976. The molecule has 0 aromatic carbocycles. The van der Waals surface area contributed by atoms with E-state index in [4.69, 9.17) is 0 Å². The van der Waals surface area contributed by atoms with Crippen molar-refractivity contribution in [2.45, 2.75) is 44.1 Å². The molecule has 3 fully saturated rings. The molecule has 3 aliphatic rings. The maximum atomic E-state index is 11.7. The molecule has 0 amide bonds. The number of nitrogens with zero attached hydrogens (tertiary/aromatic N) is 1. The summed E-state index contributed by atoms with van der Waals surface area (Å²) in [6.07, 6.45) is 5.57. The second-order valence-electron chi connectivity index (χ2n) is 6.80. The maximum absolute atomic E-state index is 11.7. The fourth-order valence-corrected chi connectivity index (χ4v) is 3.55. The number of Topliss-reactive ketones (excluding diaryl/α,β-unsaturated/α-hetero) is 2. The zero-order valence-electron chi connectivity index (χ0n) is 13.5.